The van der Waals surface area contributed by atoms with Crippen molar-refractivity contribution in [3.8, 4) is 5.69 Å². The van der Waals surface area contributed by atoms with Crippen molar-refractivity contribution in [1.82, 2.24) is 19.0 Å². The molecule has 1 aliphatic rings. The molecule has 2 aromatic heterocycles. The van der Waals surface area contributed by atoms with Gasteiger partial charge in [0.1, 0.15) is 12.1 Å². The average Bonchev–Trinajstić information content (AvgIpc) is 3.43. The second-order valence-electron chi connectivity index (χ2n) is 9.01. The lowest BCUT2D eigenvalue weighted by Crippen LogP contribution is -2.43. The molecule has 3 heterocycles. The number of benzene rings is 2. The molecule has 5 rings (SSSR count). The molecule has 0 spiro atoms. The number of aromatic nitrogens is 3. The first kappa shape index (κ1) is 22.2. The fourth-order valence-electron chi connectivity index (χ4n) is 4.87. The summed E-state index contributed by atoms with van der Waals surface area (Å²) in [5, 5.41) is 3.67. The van der Waals surface area contributed by atoms with Gasteiger partial charge in [0.2, 0.25) is 5.91 Å². The zero-order valence-corrected chi connectivity index (χ0v) is 19.6. The summed E-state index contributed by atoms with van der Waals surface area (Å²) in [6.45, 7) is 4.74. The molecule has 1 amide bonds. The first-order chi connectivity index (χ1) is 16.4. The number of hydrogen-bond acceptors (Lipinski definition) is 4. The predicted molar refractivity (Wildman–Crippen MR) is 132 cm³/mol. The Morgan fingerprint density at radius 2 is 1.91 bits per heavy atom. The molecule has 2 aromatic carbocycles. The van der Waals surface area contributed by atoms with E-state index in [4.69, 9.17) is 4.74 Å². The molecule has 8 nitrogen and oxygen atoms in total. The second kappa shape index (κ2) is 8.61. The summed E-state index contributed by atoms with van der Waals surface area (Å²) in [5.41, 5.74) is 3.07. The molecule has 1 N–H and O–H groups in total. The molecule has 8 heteroatoms. The number of ether oxygens (including phenoxy) is 1. The Hall–Kier alpha value is -3.65. The van der Waals surface area contributed by atoms with Crippen molar-refractivity contribution >= 4 is 27.8 Å². The molecule has 0 radical (unpaired) electrons. The third kappa shape index (κ3) is 3.64. The molecule has 176 valence electrons. The molecule has 1 aliphatic heterocycles. The summed E-state index contributed by atoms with van der Waals surface area (Å²) in [6.07, 6.45) is 1.89. The quantitative estimate of drug-likeness (QED) is 0.496. The Morgan fingerprint density at radius 1 is 1.12 bits per heavy atom. The zero-order valence-electron chi connectivity index (χ0n) is 19.6. The van der Waals surface area contributed by atoms with Gasteiger partial charge in [-0.1, -0.05) is 29.8 Å². The molecule has 1 saturated heterocycles. The standard InChI is InChI=1S/C26H28N4O4/c1-16-10-11-21-19(13-16)23-24(28(21)3)25(32)30(20-9-5-4-7-17(20)2)26(33)29(23)15-22(31)27-14-18-8-6-12-34-18/h4-5,7,9-11,13,18H,6,8,12,14-15H2,1-3H3,(H,27,31)/t18-/m1/s1. The van der Waals surface area contributed by atoms with Crippen LogP contribution in [0.5, 0.6) is 0 Å². The van der Waals surface area contributed by atoms with E-state index in [1.54, 1.807) is 16.7 Å². The molecule has 34 heavy (non-hydrogen) atoms. The van der Waals surface area contributed by atoms with Gasteiger partial charge >= 0.3 is 5.69 Å². The van der Waals surface area contributed by atoms with Gasteiger partial charge in [-0.3, -0.25) is 14.2 Å². The van der Waals surface area contributed by atoms with Crippen LogP contribution in [0, 0.1) is 13.8 Å². The minimum absolute atomic E-state index is 0.00168. The lowest BCUT2D eigenvalue weighted by molar-refractivity contribution is -0.122. The van der Waals surface area contributed by atoms with E-state index in [-0.39, 0.29) is 18.6 Å². The highest BCUT2D eigenvalue weighted by Gasteiger charge is 2.23. The number of fused-ring (bicyclic) bond motifs is 3. The van der Waals surface area contributed by atoms with Crippen molar-refractivity contribution in [2.75, 3.05) is 13.2 Å². The van der Waals surface area contributed by atoms with Crippen LogP contribution >= 0.6 is 0 Å². The number of rotatable bonds is 5. The molecule has 1 atom stereocenters. The number of aryl methyl sites for hydroxylation is 3. The van der Waals surface area contributed by atoms with Crippen molar-refractivity contribution in [3.63, 3.8) is 0 Å². The maximum absolute atomic E-state index is 13.8. The summed E-state index contributed by atoms with van der Waals surface area (Å²) in [4.78, 5) is 40.5. The number of nitrogens with one attached hydrogen (secondary N) is 1. The summed E-state index contributed by atoms with van der Waals surface area (Å²) >= 11 is 0. The SMILES string of the molecule is Cc1ccc2c(c1)c1c(c(=O)n(-c3ccccc3C)c(=O)n1CC(=O)NC[C@H]1CCCO1)n2C. The Kier molecular flexibility index (Phi) is 5.61. The predicted octanol–water partition coefficient (Wildman–Crippen LogP) is 2.56. The van der Waals surface area contributed by atoms with E-state index in [2.05, 4.69) is 5.32 Å². The van der Waals surface area contributed by atoms with Gasteiger partial charge in [-0.2, -0.15) is 0 Å². The van der Waals surface area contributed by atoms with Crippen molar-refractivity contribution < 1.29 is 9.53 Å². The number of para-hydroxylation sites is 1. The molecular weight excluding hydrogens is 432 g/mol. The third-order valence-corrected chi connectivity index (χ3v) is 6.63. The highest BCUT2D eigenvalue weighted by atomic mass is 16.5. The van der Waals surface area contributed by atoms with Gasteiger partial charge in [0.25, 0.3) is 5.56 Å². The first-order valence-corrected chi connectivity index (χ1v) is 11.6. The second-order valence-corrected chi connectivity index (χ2v) is 9.01. The summed E-state index contributed by atoms with van der Waals surface area (Å²) in [5.74, 6) is -0.293. The molecule has 0 saturated carbocycles. The topological polar surface area (TPSA) is 87.3 Å². The molecular formula is C26H28N4O4. The van der Waals surface area contributed by atoms with Gasteiger partial charge in [0.05, 0.1) is 22.8 Å². The van der Waals surface area contributed by atoms with Crippen molar-refractivity contribution in [2.24, 2.45) is 7.05 Å². The lowest BCUT2D eigenvalue weighted by Gasteiger charge is -2.15. The highest BCUT2D eigenvalue weighted by Crippen LogP contribution is 2.27. The zero-order chi connectivity index (χ0) is 24.0. The molecule has 0 unspecified atom stereocenters. The number of carbonyl (C=O) groups excluding carboxylic acids is 1. The van der Waals surface area contributed by atoms with Gasteiger partial charge in [0.15, 0.2) is 0 Å². The Labute approximate surface area is 196 Å². The fraction of sp³-hybridized carbons (Fsp3) is 0.346. The van der Waals surface area contributed by atoms with Crippen LogP contribution in [-0.4, -0.2) is 38.9 Å². The third-order valence-electron chi connectivity index (χ3n) is 6.63. The van der Waals surface area contributed by atoms with Crippen LogP contribution in [0.1, 0.15) is 24.0 Å². The van der Waals surface area contributed by atoms with Crippen LogP contribution in [0.15, 0.2) is 52.1 Å². The number of carbonyl (C=O) groups is 1. The number of hydrogen-bond donors (Lipinski definition) is 1. The van der Waals surface area contributed by atoms with E-state index in [0.717, 1.165) is 34.9 Å². The van der Waals surface area contributed by atoms with Gasteiger partial charge < -0.3 is 14.6 Å². The number of amides is 1. The van der Waals surface area contributed by atoms with Crippen molar-refractivity contribution in [1.29, 1.82) is 0 Å². The molecule has 0 aliphatic carbocycles. The van der Waals surface area contributed by atoms with Crippen molar-refractivity contribution in [3.05, 3.63) is 74.4 Å². The van der Waals surface area contributed by atoms with E-state index in [1.165, 1.54) is 9.13 Å². The van der Waals surface area contributed by atoms with Gasteiger partial charge in [-0.05, 0) is 50.5 Å². The molecule has 4 aromatic rings. The summed E-state index contributed by atoms with van der Waals surface area (Å²) < 4.78 is 10.0. The highest BCUT2D eigenvalue weighted by molar-refractivity contribution is 6.06. The van der Waals surface area contributed by atoms with E-state index < -0.39 is 11.2 Å². The van der Waals surface area contributed by atoms with E-state index in [0.29, 0.717) is 29.9 Å². The minimum Gasteiger partial charge on any atom is -0.376 e. The normalized spacial score (nSPS) is 15.9. The van der Waals surface area contributed by atoms with Crippen LogP contribution in [0.2, 0.25) is 0 Å². The van der Waals surface area contributed by atoms with E-state index in [9.17, 15) is 14.4 Å². The monoisotopic (exact) mass is 460 g/mol. The number of nitrogens with zero attached hydrogens (tertiary/aromatic N) is 3. The van der Waals surface area contributed by atoms with E-state index in [1.807, 2.05) is 51.2 Å². The smallest absolute Gasteiger partial charge is 0.336 e. The van der Waals surface area contributed by atoms with Crippen LogP contribution in [0.25, 0.3) is 27.6 Å². The summed E-state index contributed by atoms with van der Waals surface area (Å²) in [6, 6.07) is 13.1. The summed E-state index contributed by atoms with van der Waals surface area (Å²) in [7, 11) is 1.82. The molecule has 0 bridgehead atoms. The van der Waals surface area contributed by atoms with Crippen molar-refractivity contribution in [2.45, 2.75) is 39.3 Å². The lowest BCUT2D eigenvalue weighted by atomic mass is 10.1. The molecule has 1 fully saturated rings. The maximum Gasteiger partial charge on any atom is 0.336 e. The van der Waals surface area contributed by atoms with Crippen LogP contribution in [0.3, 0.4) is 0 Å². The van der Waals surface area contributed by atoms with Gasteiger partial charge in [0, 0.05) is 25.6 Å². The van der Waals surface area contributed by atoms with Gasteiger partial charge in [-0.25, -0.2) is 9.36 Å². The van der Waals surface area contributed by atoms with E-state index >= 15 is 0 Å². The first-order valence-electron chi connectivity index (χ1n) is 11.6. The maximum atomic E-state index is 13.8. The van der Waals surface area contributed by atoms with Crippen LogP contribution in [0.4, 0.5) is 0 Å². The Morgan fingerprint density at radius 3 is 2.65 bits per heavy atom. The Bertz CT molecular complexity index is 1540. The van der Waals surface area contributed by atoms with Crippen LogP contribution < -0.4 is 16.6 Å². The minimum atomic E-state index is -0.534. The Balaban J connectivity index is 1.74. The fourth-order valence-corrected chi connectivity index (χ4v) is 4.87. The average molecular weight is 461 g/mol. The largest absolute Gasteiger partial charge is 0.376 e. The van der Waals surface area contributed by atoms with Crippen LogP contribution in [-0.2, 0) is 23.1 Å². The van der Waals surface area contributed by atoms with Gasteiger partial charge in [-0.15, -0.1) is 0 Å².